The SMILES string of the molecule is COc1cc(-c2nc3sc4c(n3c2C=NNC(=O)C2CCCN(C)C2)CCCC4)cc(OC)c1OC. The fourth-order valence-electron chi connectivity index (χ4n) is 5.24. The van der Waals surface area contributed by atoms with E-state index in [1.54, 1.807) is 38.9 Å². The summed E-state index contributed by atoms with van der Waals surface area (Å²) in [7, 11) is 6.84. The Bertz CT molecular complexity index is 1270. The highest BCUT2D eigenvalue weighted by atomic mass is 32.1. The van der Waals surface area contributed by atoms with Gasteiger partial charge in [-0.15, -0.1) is 11.3 Å². The van der Waals surface area contributed by atoms with E-state index in [0.29, 0.717) is 17.2 Å². The fourth-order valence-corrected chi connectivity index (χ4v) is 6.45. The summed E-state index contributed by atoms with van der Waals surface area (Å²) in [5.74, 6) is 1.56. The number of hydrogen-bond acceptors (Lipinski definition) is 8. The van der Waals surface area contributed by atoms with E-state index in [4.69, 9.17) is 19.2 Å². The molecule has 36 heavy (non-hydrogen) atoms. The number of nitrogens with zero attached hydrogens (tertiary/aromatic N) is 4. The summed E-state index contributed by atoms with van der Waals surface area (Å²) in [5, 5.41) is 4.41. The number of aromatic nitrogens is 2. The minimum atomic E-state index is -0.0464. The van der Waals surface area contributed by atoms with Crippen LogP contribution in [-0.4, -0.2) is 67.9 Å². The van der Waals surface area contributed by atoms with Crippen LogP contribution >= 0.6 is 11.3 Å². The van der Waals surface area contributed by atoms with Crippen LogP contribution in [0.5, 0.6) is 17.2 Å². The number of fused-ring (bicyclic) bond motifs is 3. The first-order valence-corrected chi connectivity index (χ1v) is 13.2. The number of amides is 1. The molecule has 1 atom stereocenters. The molecule has 10 heteroatoms. The van der Waals surface area contributed by atoms with Crippen LogP contribution in [-0.2, 0) is 17.6 Å². The lowest BCUT2D eigenvalue weighted by Gasteiger charge is -2.28. The standard InChI is InChI=1S/C26H33N5O4S/c1-30-11-7-8-16(15-30)25(32)29-27-14-19-23(17-12-20(33-2)24(35-4)21(13-17)34-3)28-26-31(19)18-9-5-6-10-22(18)36-26/h12-14,16H,5-11,15H2,1-4H3,(H,29,32). The van der Waals surface area contributed by atoms with Gasteiger partial charge in [-0.05, 0) is 64.3 Å². The maximum Gasteiger partial charge on any atom is 0.244 e. The zero-order chi connectivity index (χ0) is 25.2. The van der Waals surface area contributed by atoms with Crippen molar-refractivity contribution in [2.24, 2.45) is 11.0 Å². The molecular formula is C26H33N5O4S. The second-order valence-electron chi connectivity index (χ2n) is 9.39. The van der Waals surface area contributed by atoms with Crippen molar-refractivity contribution < 1.29 is 19.0 Å². The lowest BCUT2D eigenvalue weighted by Crippen LogP contribution is -2.40. The number of benzene rings is 1. The second-order valence-corrected chi connectivity index (χ2v) is 10.5. The molecule has 1 unspecified atom stereocenters. The molecule has 0 bridgehead atoms. The van der Waals surface area contributed by atoms with Crippen molar-refractivity contribution >= 4 is 28.4 Å². The molecule has 1 aromatic carbocycles. The van der Waals surface area contributed by atoms with Gasteiger partial charge in [-0.25, -0.2) is 10.4 Å². The Balaban J connectivity index is 1.55. The number of piperidine rings is 1. The van der Waals surface area contributed by atoms with E-state index in [1.807, 2.05) is 12.1 Å². The molecule has 0 spiro atoms. The topological polar surface area (TPSA) is 89.7 Å². The molecule has 1 fully saturated rings. The number of hydrogen-bond donors (Lipinski definition) is 1. The smallest absolute Gasteiger partial charge is 0.244 e. The molecule has 9 nitrogen and oxygen atoms in total. The molecule has 192 valence electrons. The average Bonchev–Trinajstić information content (AvgIpc) is 3.44. The zero-order valence-electron chi connectivity index (χ0n) is 21.3. The number of hydrazone groups is 1. The number of likely N-dealkylation sites (tertiary alicyclic amines) is 1. The number of nitrogens with one attached hydrogen (secondary N) is 1. The Morgan fingerprint density at radius 3 is 2.58 bits per heavy atom. The maximum absolute atomic E-state index is 12.8. The van der Waals surface area contributed by atoms with Gasteiger partial charge in [-0.3, -0.25) is 9.20 Å². The molecule has 0 saturated carbocycles. The van der Waals surface area contributed by atoms with Gasteiger partial charge in [0, 0.05) is 22.7 Å². The molecule has 1 aliphatic carbocycles. The van der Waals surface area contributed by atoms with E-state index >= 15 is 0 Å². The Hall–Kier alpha value is -3.11. The van der Waals surface area contributed by atoms with E-state index in [-0.39, 0.29) is 11.8 Å². The Labute approximate surface area is 215 Å². The average molecular weight is 512 g/mol. The normalized spacial score (nSPS) is 18.4. The molecule has 2 aromatic heterocycles. The summed E-state index contributed by atoms with van der Waals surface area (Å²) >= 11 is 1.73. The molecule has 3 heterocycles. The molecule has 1 amide bonds. The van der Waals surface area contributed by atoms with Crippen LogP contribution in [0.2, 0.25) is 0 Å². The number of imidazole rings is 1. The highest BCUT2D eigenvalue weighted by molar-refractivity contribution is 7.17. The molecule has 3 aromatic rings. The van der Waals surface area contributed by atoms with Crippen LogP contribution in [0.25, 0.3) is 16.2 Å². The number of carbonyl (C=O) groups is 1. The largest absolute Gasteiger partial charge is 0.493 e. The van der Waals surface area contributed by atoms with Crippen LogP contribution in [0, 0.1) is 5.92 Å². The predicted molar refractivity (Wildman–Crippen MR) is 141 cm³/mol. The number of ether oxygens (including phenoxy) is 3. The lowest BCUT2D eigenvalue weighted by atomic mass is 9.98. The van der Waals surface area contributed by atoms with Crippen molar-refractivity contribution in [3.63, 3.8) is 0 Å². The molecule has 0 radical (unpaired) electrons. The van der Waals surface area contributed by atoms with Gasteiger partial charge in [0.25, 0.3) is 0 Å². The third kappa shape index (κ3) is 4.55. The van der Waals surface area contributed by atoms with Gasteiger partial charge in [-0.1, -0.05) is 0 Å². The van der Waals surface area contributed by atoms with Gasteiger partial charge in [-0.2, -0.15) is 5.10 Å². The Kier molecular flexibility index (Phi) is 7.15. The number of rotatable bonds is 7. The summed E-state index contributed by atoms with van der Waals surface area (Å²) < 4.78 is 18.9. The summed E-state index contributed by atoms with van der Waals surface area (Å²) in [6.45, 7) is 1.79. The van der Waals surface area contributed by atoms with E-state index in [9.17, 15) is 4.79 Å². The zero-order valence-corrected chi connectivity index (χ0v) is 22.1. The van der Waals surface area contributed by atoms with Crippen LogP contribution in [0.1, 0.15) is 41.9 Å². The maximum atomic E-state index is 12.8. The van der Waals surface area contributed by atoms with E-state index < -0.39 is 0 Å². The first-order valence-electron chi connectivity index (χ1n) is 12.4. The summed E-state index contributed by atoms with van der Waals surface area (Å²) in [6.07, 6.45) is 8.06. The van der Waals surface area contributed by atoms with Gasteiger partial charge in [0.15, 0.2) is 16.5 Å². The number of carbonyl (C=O) groups excluding carboxylic acids is 1. The Morgan fingerprint density at radius 2 is 1.89 bits per heavy atom. The highest BCUT2D eigenvalue weighted by Crippen LogP contribution is 2.42. The van der Waals surface area contributed by atoms with Crippen molar-refractivity contribution in [2.75, 3.05) is 41.5 Å². The molecule has 2 aliphatic rings. The van der Waals surface area contributed by atoms with Crippen LogP contribution in [0.3, 0.4) is 0 Å². The molecular weight excluding hydrogens is 478 g/mol. The van der Waals surface area contributed by atoms with Gasteiger partial charge >= 0.3 is 0 Å². The molecule has 5 rings (SSSR count). The molecule has 1 aliphatic heterocycles. The highest BCUT2D eigenvalue weighted by Gasteiger charge is 2.26. The number of methoxy groups -OCH3 is 3. The van der Waals surface area contributed by atoms with Gasteiger partial charge < -0.3 is 19.1 Å². The van der Waals surface area contributed by atoms with Crippen LogP contribution in [0.4, 0.5) is 0 Å². The minimum absolute atomic E-state index is 0.0414. The van der Waals surface area contributed by atoms with Crippen molar-refractivity contribution in [2.45, 2.75) is 38.5 Å². The first-order chi connectivity index (χ1) is 17.5. The number of aryl methyl sites for hydroxylation is 2. The van der Waals surface area contributed by atoms with Crippen molar-refractivity contribution in [1.82, 2.24) is 19.7 Å². The molecule has 1 saturated heterocycles. The quantitative estimate of drug-likeness (QED) is 0.384. The van der Waals surface area contributed by atoms with Gasteiger partial charge in [0.2, 0.25) is 11.7 Å². The second kappa shape index (κ2) is 10.5. The summed E-state index contributed by atoms with van der Waals surface area (Å²) in [6, 6.07) is 3.79. The Morgan fingerprint density at radius 1 is 1.14 bits per heavy atom. The van der Waals surface area contributed by atoms with E-state index in [1.165, 1.54) is 17.0 Å². The van der Waals surface area contributed by atoms with Crippen molar-refractivity contribution in [1.29, 1.82) is 0 Å². The predicted octanol–water partition coefficient (Wildman–Crippen LogP) is 3.76. The van der Waals surface area contributed by atoms with Crippen LogP contribution in [0.15, 0.2) is 17.2 Å². The molecule has 1 N–H and O–H groups in total. The minimum Gasteiger partial charge on any atom is -0.493 e. The van der Waals surface area contributed by atoms with E-state index in [0.717, 1.165) is 67.1 Å². The number of thiazole rings is 1. The first kappa shape index (κ1) is 24.6. The lowest BCUT2D eigenvalue weighted by molar-refractivity contribution is -0.126. The fraction of sp³-hybridized carbons (Fsp3) is 0.500. The van der Waals surface area contributed by atoms with Crippen molar-refractivity contribution in [3.8, 4) is 28.5 Å². The summed E-state index contributed by atoms with van der Waals surface area (Å²) in [5.41, 5.74) is 6.49. The van der Waals surface area contributed by atoms with Crippen molar-refractivity contribution in [3.05, 3.63) is 28.4 Å². The third-order valence-corrected chi connectivity index (χ3v) is 8.19. The third-order valence-electron chi connectivity index (χ3n) is 7.05. The summed E-state index contributed by atoms with van der Waals surface area (Å²) in [4.78, 5) is 22.3. The van der Waals surface area contributed by atoms with E-state index in [2.05, 4.69) is 26.9 Å². The monoisotopic (exact) mass is 511 g/mol. The van der Waals surface area contributed by atoms with Crippen LogP contribution < -0.4 is 19.6 Å². The van der Waals surface area contributed by atoms with Gasteiger partial charge in [0.05, 0.1) is 44.8 Å². The van der Waals surface area contributed by atoms with Gasteiger partial charge in [0.1, 0.15) is 0 Å².